The van der Waals surface area contributed by atoms with Gasteiger partial charge in [0.1, 0.15) is 5.69 Å². The Kier molecular flexibility index (Phi) is 5.45. The molecule has 1 aromatic heterocycles. The largest absolute Gasteiger partial charge is 0.332 e. The predicted octanol–water partition coefficient (Wildman–Crippen LogP) is 1.66. The van der Waals surface area contributed by atoms with Crippen molar-refractivity contribution in [1.29, 1.82) is 0 Å². The summed E-state index contributed by atoms with van der Waals surface area (Å²) in [6, 6.07) is 10.1. The van der Waals surface area contributed by atoms with Gasteiger partial charge in [0, 0.05) is 19.6 Å². The number of rotatable bonds is 5. The minimum Gasteiger partial charge on any atom is -0.332 e. The summed E-state index contributed by atoms with van der Waals surface area (Å²) < 4.78 is 1.69. The number of allylic oxidation sites excluding steroid dienone is 1. The molecule has 7 heteroatoms. The molecule has 1 saturated heterocycles. The zero-order valence-electron chi connectivity index (χ0n) is 14.5. The first-order valence-electron chi connectivity index (χ1n) is 8.45. The molecular weight excluding hydrogens is 316 g/mol. The smallest absolute Gasteiger partial charge is 0.318 e. The molecule has 1 aliphatic rings. The van der Waals surface area contributed by atoms with Gasteiger partial charge in [-0.25, -0.2) is 9.48 Å². The SMILES string of the molecule is C=CCn1cc(CNC(=O)N2CCN(C)CC2c2ccccc2)nn1. The Balaban J connectivity index is 1.65. The second-order valence-electron chi connectivity index (χ2n) is 6.26. The molecule has 2 amide bonds. The number of urea groups is 1. The predicted molar refractivity (Wildman–Crippen MR) is 95.8 cm³/mol. The normalized spacial score (nSPS) is 18.1. The molecule has 0 saturated carbocycles. The molecule has 1 aromatic carbocycles. The molecular formula is C18H24N6O. The van der Waals surface area contributed by atoms with Gasteiger partial charge in [-0.2, -0.15) is 0 Å². The molecule has 7 nitrogen and oxygen atoms in total. The second kappa shape index (κ2) is 7.94. The van der Waals surface area contributed by atoms with E-state index in [0.717, 1.165) is 24.3 Å². The summed E-state index contributed by atoms with van der Waals surface area (Å²) >= 11 is 0. The first-order valence-corrected chi connectivity index (χ1v) is 8.45. The quantitative estimate of drug-likeness (QED) is 0.841. The van der Waals surface area contributed by atoms with E-state index in [1.165, 1.54) is 0 Å². The van der Waals surface area contributed by atoms with Gasteiger partial charge in [0.15, 0.2) is 0 Å². The maximum atomic E-state index is 12.7. The number of benzene rings is 1. The lowest BCUT2D eigenvalue weighted by Crippen LogP contribution is -2.52. The summed E-state index contributed by atoms with van der Waals surface area (Å²) in [6.45, 7) is 7.04. The minimum atomic E-state index is -0.0692. The number of nitrogens with one attached hydrogen (secondary N) is 1. The topological polar surface area (TPSA) is 66.3 Å². The third-order valence-corrected chi connectivity index (χ3v) is 4.35. The van der Waals surface area contributed by atoms with Gasteiger partial charge in [0.2, 0.25) is 0 Å². The Morgan fingerprint density at radius 1 is 1.36 bits per heavy atom. The number of amides is 2. The molecule has 1 unspecified atom stereocenters. The van der Waals surface area contributed by atoms with E-state index in [9.17, 15) is 4.79 Å². The summed E-state index contributed by atoms with van der Waals surface area (Å²) in [5.41, 5.74) is 1.89. The molecule has 25 heavy (non-hydrogen) atoms. The van der Waals surface area contributed by atoms with Crippen molar-refractivity contribution in [1.82, 2.24) is 30.1 Å². The van der Waals surface area contributed by atoms with Crippen LogP contribution in [0, 0.1) is 0 Å². The number of nitrogens with zero attached hydrogens (tertiary/aromatic N) is 5. The van der Waals surface area contributed by atoms with E-state index in [-0.39, 0.29) is 12.1 Å². The zero-order chi connectivity index (χ0) is 17.6. The molecule has 2 aromatic rings. The molecule has 132 valence electrons. The highest BCUT2D eigenvalue weighted by Crippen LogP contribution is 2.24. The van der Waals surface area contributed by atoms with Crippen LogP contribution in [-0.2, 0) is 13.1 Å². The molecule has 2 heterocycles. The van der Waals surface area contributed by atoms with Crippen molar-refractivity contribution in [2.24, 2.45) is 0 Å². The molecule has 0 spiro atoms. The minimum absolute atomic E-state index is 0.0522. The lowest BCUT2D eigenvalue weighted by molar-refractivity contribution is 0.108. The fraction of sp³-hybridized carbons (Fsp3) is 0.389. The van der Waals surface area contributed by atoms with Crippen molar-refractivity contribution in [3.63, 3.8) is 0 Å². The standard InChI is InChI=1S/C18H24N6O/c1-3-9-23-13-16(20-21-23)12-19-18(25)24-11-10-22(2)14-17(24)15-7-5-4-6-8-15/h3-8,13,17H,1,9-12,14H2,2H3,(H,19,25). The summed E-state index contributed by atoms with van der Waals surface area (Å²) in [6.07, 6.45) is 3.58. The Morgan fingerprint density at radius 3 is 2.92 bits per heavy atom. The maximum Gasteiger partial charge on any atom is 0.318 e. The average molecular weight is 340 g/mol. The third-order valence-electron chi connectivity index (χ3n) is 4.35. The van der Waals surface area contributed by atoms with Gasteiger partial charge >= 0.3 is 6.03 Å². The van der Waals surface area contributed by atoms with Crippen LogP contribution < -0.4 is 5.32 Å². The van der Waals surface area contributed by atoms with Crippen LogP contribution in [0.25, 0.3) is 0 Å². The Labute approximate surface area is 147 Å². The van der Waals surface area contributed by atoms with Crippen molar-refractivity contribution in [2.75, 3.05) is 26.7 Å². The van der Waals surface area contributed by atoms with E-state index in [0.29, 0.717) is 19.6 Å². The third kappa shape index (κ3) is 4.24. The first kappa shape index (κ1) is 17.2. The monoisotopic (exact) mass is 340 g/mol. The van der Waals surface area contributed by atoms with Crippen LogP contribution in [-0.4, -0.2) is 57.5 Å². The van der Waals surface area contributed by atoms with Gasteiger partial charge in [0.25, 0.3) is 0 Å². The van der Waals surface area contributed by atoms with Gasteiger partial charge < -0.3 is 15.1 Å². The number of likely N-dealkylation sites (N-methyl/N-ethyl adjacent to an activating group) is 1. The zero-order valence-corrected chi connectivity index (χ0v) is 14.5. The Hall–Kier alpha value is -2.67. The fourth-order valence-electron chi connectivity index (χ4n) is 3.03. The number of aromatic nitrogens is 3. The lowest BCUT2D eigenvalue weighted by Gasteiger charge is -2.40. The highest BCUT2D eigenvalue weighted by molar-refractivity contribution is 5.75. The number of carbonyl (C=O) groups excluding carboxylic acids is 1. The summed E-state index contributed by atoms with van der Waals surface area (Å²) in [5.74, 6) is 0. The van der Waals surface area contributed by atoms with Crippen molar-refractivity contribution in [2.45, 2.75) is 19.1 Å². The van der Waals surface area contributed by atoms with Crippen LogP contribution in [0.4, 0.5) is 4.79 Å². The lowest BCUT2D eigenvalue weighted by atomic mass is 10.0. The molecule has 1 N–H and O–H groups in total. The van der Waals surface area contributed by atoms with Crippen LogP contribution in [0.1, 0.15) is 17.3 Å². The van der Waals surface area contributed by atoms with Crippen molar-refractivity contribution in [3.05, 3.63) is 60.4 Å². The van der Waals surface area contributed by atoms with E-state index in [1.807, 2.05) is 29.3 Å². The molecule has 3 rings (SSSR count). The highest BCUT2D eigenvalue weighted by Gasteiger charge is 2.30. The van der Waals surface area contributed by atoms with Gasteiger partial charge in [-0.1, -0.05) is 41.6 Å². The highest BCUT2D eigenvalue weighted by atomic mass is 16.2. The van der Waals surface area contributed by atoms with Crippen LogP contribution >= 0.6 is 0 Å². The maximum absolute atomic E-state index is 12.7. The average Bonchev–Trinajstić information content (AvgIpc) is 3.08. The number of piperazine rings is 1. The molecule has 0 aliphatic carbocycles. The van der Waals surface area contributed by atoms with Crippen molar-refractivity contribution >= 4 is 6.03 Å². The molecule has 1 fully saturated rings. The second-order valence-corrected chi connectivity index (χ2v) is 6.26. The van der Waals surface area contributed by atoms with Gasteiger partial charge in [-0.3, -0.25) is 0 Å². The van der Waals surface area contributed by atoms with Crippen molar-refractivity contribution < 1.29 is 4.79 Å². The summed E-state index contributed by atoms with van der Waals surface area (Å²) in [5, 5.41) is 11.0. The van der Waals surface area contributed by atoms with E-state index in [4.69, 9.17) is 0 Å². The molecule has 0 radical (unpaired) electrons. The number of hydrogen-bond acceptors (Lipinski definition) is 4. The Morgan fingerprint density at radius 2 is 2.16 bits per heavy atom. The van der Waals surface area contributed by atoms with E-state index in [1.54, 1.807) is 10.8 Å². The van der Waals surface area contributed by atoms with E-state index in [2.05, 4.69) is 46.3 Å². The van der Waals surface area contributed by atoms with Crippen LogP contribution in [0.15, 0.2) is 49.2 Å². The molecule has 1 atom stereocenters. The number of carbonyl (C=O) groups is 1. The van der Waals surface area contributed by atoms with E-state index >= 15 is 0 Å². The Bertz CT molecular complexity index is 713. The van der Waals surface area contributed by atoms with Crippen LogP contribution in [0.3, 0.4) is 0 Å². The van der Waals surface area contributed by atoms with Gasteiger partial charge in [-0.15, -0.1) is 11.7 Å². The van der Waals surface area contributed by atoms with Gasteiger partial charge in [0.05, 0.1) is 25.3 Å². The summed E-state index contributed by atoms with van der Waals surface area (Å²) in [7, 11) is 2.09. The van der Waals surface area contributed by atoms with Crippen LogP contribution in [0.2, 0.25) is 0 Å². The molecule has 1 aliphatic heterocycles. The van der Waals surface area contributed by atoms with Gasteiger partial charge in [-0.05, 0) is 12.6 Å². The fourth-order valence-corrected chi connectivity index (χ4v) is 3.03. The van der Waals surface area contributed by atoms with Crippen molar-refractivity contribution in [3.8, 4) is 0 Å². The van der Waals surface area contributed by atoms with E-state index < -0.39 is 0 Å². The summed E-state index contributed by atoms with van der Waals surface area (Å²) in [4.78, 5) is 16.9. The molecule has 0 bridgehead atoms. The van der Waals surface area contributed by atoms with Crippen LogP contribution in [0.5, 0.6) is 0 Å². The number of hydrogen-bond donors (Lipinski definition) is 1. The first-order chi connectivity index (χ1) is 12.2.